The van der Waals surface area contributed by atoms with Gasteiger partial charge in [-0.25, -0.2) is 9.78 Å². The molecule has 2 aromatic rings. The van der Waals surface area contributed by atoms with E-state index in [-0.39, 0.29) is 0 Å². The Morgan fingerprint density at radius 3 is 2.90 bits per heavy atom. The van der Waals surface area contributed by atoms with Crippen LogP contribution in [0.1, 0.15) is 22.8 Å². The first-order valence-corrected chi connectivity index (χ1v) is 7.26. The Balaban J connectivity index is 2.31. The van der Waals surface area contributed by atoms with Crippen LogP contribution in [0.4, 0.5) is 17.2 Å². The number of aryl methyl sites for hydroxylation is 1. The van der Waals surface area contributed by atoms with E-state index in [1.165, 1.54) is 6.20 Å². The zero-order valence-electron chi connectivity index (χ0n) is 11.8. The minimum Gasteiger partial charge on any atom is -0.462 e. The molecule has 0 saturated heterocycles. The van der Waals surface area contributed by atoms with E-state index in [1.807, 2.05) is 25.1 Å². The first-order valence-electron chi connectivity index (χ1n) is 6.47. The molecule has 0 atom stereocenters. The van der Waals surface area contributed by atoms with Crippen molar-refractivity contribution in [2.75, 3.05) is 17.7 Å². The number of ether oxygens (including phenoxy) is 1. The lowest BCUT2D eigenvalue weighted by molar-refractivity contribution is 0.0527. The quantitative estimate of drug-likeness (QED) is 0.823. The summed E-state index contributed by atoms with van der Waals surface area (Å²) in [5.74, 6) is 0.0832. The fourth-order valence-corrected chi connectivity index (χ4v) is 2.15. The number of nitrogens with two attached hydrogens (primary N) is 1. The van der Waals surface area contributed by atoms with Crippen molar-refractivity contribution in [1.29, 1.82) is 0 Å². The molecule has 1 heterocycles. The maximum Gasteiger partial charge on any atom is 0.340 e. The van der Waals surface area contributed by atoms with Gasteiger partial charge >= 0.3 is 5.97 Å². The smallest absolute Gasteiger partial charge is 0.340 e. The highest BCUT2D eigenvalue weighted by Crippen LogP contribution is 2.25. The number of pyridine rings is 1. The van der Waals surface area contributed by atoms with Crippen molar-refractivity contribution in [3.63, 3.8) is 0 Å². The summed E-state index contributed by atoms with van der Waals surface area (Å²) in [6.45, 7) is 4.03. The molecule has 1 aromatic heterocycles. The first-order chi connectivity index (χ1) is 10.0. The molecule has 2 rings (SSSR count). The number of aromatic nitrogens is 1. The zero-order valence-corrected chi connectivity index (χ0v) is 13.4. The molecular weight excluding hydrogens is 334 g/mol. The van der Waals surface area contributed by atoms with Gasteiger partial charge in [0.15, 0.2) is 0 Å². The van der Waals surface area contributed by atoms with Crippen molar-refractivity contribution in [3.8, 4) is 0 Å². The number of carbonyl (C=O) groups is 1. The summed E-state index contributed by atoms with van der Waals surface area (Å²) >= 11 is 3.42. The summed E-state index contributed by atoms with van der Waals surface area (Å²) in [6, 6.07) is 7.47. The average molecular weight is 350 g/mol. The Hall–Kier alpha value is -2.08. The van der Waals surface area contributed by atoms with Crippen LogP contribution >= 0.6 is 15.9 Å². The van der Waals surface area contributed by atoms with Gasteiger partial charge in [0.05, 0.1) is 24.1 Å². The monoisotopic (exact) mass is 349 g/mol. The van der Waals surface area contributed by atoms with Gasteiger partial charge in [-0.05, 0) is 37.6 Å². The van der Waals surface area contributed by atoms with Crippen LogP contribution in [0.25, 0.3) is 0 Å². The topological polar surface area (TPSA) is 77.2 Å². The molecule has 0 aliphatic rings. The van der Waals surface area contributed by atoms with Gasteiger partial charge in [-0.1, -0.05) is 22.0 Å². The number of carbonyl (C=O) groups excluding carboxylic acids is 1. The molecule has 0 aliphatic heterocycles. The standard InChI is InChI=1S/C15H16BrN3O2/c1-3-21-15(20)11-7-14(18-8-12(11)17)19-13-6-10(16)5-4-9(13)2/h4-8H,3,17H2,1-2H3,(H,18,19). The molecule has 0 spiro atoms. The predicted octanol–water partition coefficient (Wildman–Crippen LogP) is 3.66. The normalized spacial score (nSPS) is 10.2. The molecule has 0 fully saturated rings. The van der Waals surface area contributed by atoms with Crippen LogP contribution in [0.2, 0.25) is 0 Å². The van der Waals surface area contributed by atoms with Crippen LogP contribution in [0.3, 0.4) is 0 Å². The van der Waals surface area contributed by atoms with E-state index in [4.69, 9.17) is 10.5 Å². The Bertz CT molecular complexity index is 674. The van der Waals surface area contributed by atoms with Gasteiger partial charge < -0.3 is 15.8 Å². The van der Waals surface area contributed by atoms with Crippen molar-refractivity contribution in [3.05, 3.63) is 46.1 Å². The van der Waals surface area contributed by atoms with Gasteiger partial charge in [0.1, 0.15) is 5.82 Å². The van der Waals surface area contributed by atoms with E-state index >= 15 is 0 Å². The summed E-state index contributed by atoms with van der Waals surface area (Å²) in [7, 11) is 0. The number of benzene rings is 1. The highest BCUT2D eigenvalue weighted by atomic mass is 79.9. The van der Waals surface area contributed by atoms with E-state index in [0.717, 1.165) is 15.7 Å². The van der Waals surface area contributed by atoms with Crippen LogP contribution < -0.4 is 11.1 Å². The Morgan fingerprint density at radius 2 is 2.19 bits per heavy atom. The third-order valence-electron chi connectivity index (χ3n) is 2.89. The Morgan fingerprint density at radius 1 is 1.43 bits per heavy atom. The number of rotatable bonds is 4. The summed E-state index contributed by atoms with van der Waals surface area (Å²) < 4.78 is 5.93. The second-order valence-electron chi connectivity index (χ2n) is 4.46. The minimum atomic E-state index is -0.452. The van der Waals surface area contributed by atoms with E-state index in [9.17, 15) is 4.79 Å². The lowest BCUT2D eigenvalue weighted by Crippen LogP contribution is -2.09. The lowest BCUT2D eigenvalue weighted by atomic mass is 10.2. The molecular formula is C15H16BrN3O2. The van der Waals surface area contributed by atoms with Gasteiger partial charge in [0, 0.05) is 10.2 Å². The molecule has 0 radical (unpaired) electrons. The van der Waals surface area contributed by atoms with Gasteiger partial charge in [-0.15, -0.1) is 0 Å². The number of halogens is 1. The maximum absolute atomic E-state index is 11.8. The minimum absolute atomic E-state index is 0.296. The van der Waals surface area contributed by atoms with Crippen LogP contribution in [0, 0.1) is 6.92 Å². The molecule has 3 N–H and O–H groups in total. The number of nitrogen functional groups attached to an aromatic ring is 1. The number of nitrogens with zero attached hydrogens (tertiary/aromatic N) is 1. The SMILES string of the molecule is CCOC(=O)c1cc(Nc2cc(Br)ccc2C)ncc1N. The predicted molar refractivity (Wildman–Crippen MR) is 86.8 cm³/mol. The second kappa shape index (κ2) is 6.58. The van der Waals surface area contributed by atoms with Crippen LogP contribution in [0.15, 0.2) is 34.9 Å². The van der Waals surface area contributed by atoms with Crippen LogP contribution in [-0.4, -0.2) is 17.6 Å². The number of anilines is 3. The fourth-order valence-electron chi connectivity index (χ4n) is 1.79. The van der Waals surface area contributed by atoms with Gasteiger partial charge in [0.2, 0.25) is 0 Å². The molecule has 110 valence electrons. The third-order valence-corrected chi connectivity index (χ3v) is 3.39. The maximum atomic E-state index is 11.8. The molecule has 21 heavy (non-hydrogen) atoms. The second-order valence-corrected chi connectivity index (χ2v) is 5.38. The number of nitrogens with one attached hydrogen (secondary N) is 1. The van der Waals surface area contributed by atoms with Gasteiger partial charge in [0.25, 0.3) is 0 Å². The highest BCUT2D eigenvalue weighted by Gasteiger charge is 2.13. The van der Waals surface area contributed by atoms with Gasteiger partial charge in [-0.2, -0.15) is 0 Å². The number of esters is 1. The fraction of sp³-hybridized carbons (Fsp3) is 0.200. The molecule has 0 bridgehead atoms. The average Bonchev–Trinajstić information content (AvgIpc) is 2.45. The summed E-state index contributed by atoms with van der Waals surface area (Å²) in [6.07, 6.45) is 1.45. The van der Waals surface area contributed by atoms with Crippen molar-refractivity contribution in [1.82, 2.24) is 4.98 Å². The third kappa shape index (κ3) is 3.72. The van der Waals surface area contributed by atoms with E-state index in [1.54, 1.807) is 13.0 Å². The lowest BCUT2D eigenvalue weighted by Gasteiger charge is -2.11. The van der Waals surface area contributed by atoms with Crippen molar-refractivity contribution < 1.29 is 9.53 Å². The number of hydrogen-bond donors (Lipinski definition) is 2. The van der Waals surface area contributed by atoms with Crippen LogP contribution in [-0.2, 0) is 4.74 Å². The summed E-state index contributed by atoms with van der Waals surface area (Å²) in [5.41, 5.74) is 8.34. The van der Waals surface area contributed by atoms with Gasteiger partial charge in [-0.3, -0.25) is 0 Å². The van der Waals surface area contributed by atoms with Crippen molar-refractivity contribution in [2.24, 2.45) is 0 Å². The molecule has 0 unspecified atom stereocenters. The molecule has 1 aromatic carbocycles. The first kappa shape index (κ1) is 15.3. The van der Waals surface area contributed by atoms with E-state index in [2.05, 4.69) is 26.2 Å². The molecule has 0 aliphatic carbocycles. The van der Waals surface area contributed by atoms with E-state index < -0.39 is 5.97 Å². The Kier molecular flexibility index (Phi) is 4.80. The van der Waals surface area contributed by atoms with Crippen LogP contribution in [0.5, 0.6) is 0 Å². The summed E-state index contributed by atoms with van der Waals surface area (Å²) in [4.78, 5) is 16.0. The molecule has 0 amide bonds. The molecule has 5 nitrogen and oxygen atoms in total. The zero-order chi connectivity index (χ0) is 15.4. The largest absolute Gasteiger partial charge is 0.462 e. The molecule has 0 saturated carbocycles. The van der Waals surface area contributed by atoms with Crippen molar-refractivity contribution >= 4 is 39.1 Å². The van der Waals surface area contributed by atoms with E-state index in [0.29, 0.717) is 23.7 Å². The summed E-state index contributed by atoms with van der Waals surface area (Å²) in [5, 5.41) is 3.17. The number of hydrogen-bond acceptors (Lipinski definition) is 5. The Labute approximate surface area is 131 Å². The molecule has 6 heteroatoms. The van der Waals surface area contributed by atoms with Crippen molar-refractivity contribution in [2.45, 2.75) is 13.8 Å². The highest BCUT2D eigenvalue weighted by molar-refractivity contribution is 9.10.